The van der Waals surface area contributed by atoms with Gasteiger partial charge in [-0.2, -0.15) is 0 Å². The fraction of sp³-hybridized carbons (Fsp3) is 0.714. The van der Waals surface area contributed by atoms with Crippen LogP contribution in [0.5, 0.6) is 0 Å². The molecule has 1 aliphatic rings. The number of hydrogen-bond donors (Lipinski definition) is 2. The summed E-state index contributed by atoms with van der Waals surface area (Å²) in [5.74, 6) is 0. The number of thiocarbonyl (C=S) groups is 1. The SMILES string of the molecule is O=CO.S=C(S)N1CCCCC1.[Zn]. The average Bonchev–Trinajstić information content (AvgIpc) is 2.07. The smallest absolute Gasteiger partial charge is 0.290 e. The van der Waals surface area contributed by atoms with Gasteiger partial charge in [0.05, 0.1) is 0 Å². The number of carbonyl (C=O) groups is 1. The van der Waals surface area contributed by atoms with Crippen LogP contribution in [-0.4, -0.2) is 33.9 Å². The molecule has 72 valence electrons. The first-order valence-corrected chi connectivity index (χ1v) is 4.63. The maximum Gasteiger partial charge on any atom is 0.290 e. The Hall–Kier alpha value is 0.333. The number of rotatable bonds is 0. The van der Waals surface area contributed by atoms with E-state index < -0.39 is 0 Å². The Balaban J connectivity index is 0. The van der Waals surface area contributed by atoms with Crippen LogP contribution in [0.4, 0.5) is 0 Å². The van der Waals surface area contributed by atoms with E-state index >= 15 is 0 Å². The van der Waals surface area contributed by atoms with Gasteiger partial charge in [-0.05, 0) is 19.3 Å². The third kappa shape index (κ3) is 8.66. The predicted octanol–water partition coefficient (Wildman–Crippen LogP) is 1.39. The zero-order valence-electron chi connectivity index (χ0n) is 7.48. The van der Waals surface area contributed by atoms with Crippen molar-refractivity contribution >= 4 is 35.6 Å². The molecule has 0 unspecified atom stereocenters. The Bertz CT molecular complexity index is 151. The fourth-order valence-corrected chi connectivity index (χ4v) is 1.47. The van der Waals surface area contributed by atoms with Crippen LogP contribution in [0.1, 0.15) is 19.3 Å². The minimum atomic E-state index is -0.250. The van der Waals surface area contributed by atoms with Gasteiger partial charge in [-0.1, -0.05) is 12.2 Å². The molecule has 6 heteroatoms. The van der Waals surface area contributed by atoms with Gasteiger partial charge in [0.15, 0.2) is 0 Å². The molecule has 0 saturated carbocycles. The first-order valence-electron chi connectivity index (χ1n) is 3.78. The van der Waals surface area contributed by atoms with E-state index in [1.54, 1.807) is 0 Å². The molecule has 0 spiro atoms. The van der Waals surface area contributed by atoms with Gasteiger partial charge in [-0.25, -0.2) is 0 Å². The monoisotopic (exact) mass is 271 g/mol. The summed E-state index contributed by atoms with van der Waals surface area (Å²) in [7, 11) is 0. The van der Waals surface area contributed by atoms with Crippen LogP contribution in [0.15, 0.2) is 0 Å². The molecule has 1 saturated heterocycles. The molecule has 0 atom stereocenters. The maximum absolute atomic E-state index is 8.36. The van der Waals surface area contributed by atoms with E-state index in [2.05, 4.69) is 17.5 Å². The summed E-state index contributed by atoms with van der Waals surface area (Å²) in [6, 6.07) is 0. The molecule has 1 rings (SSSR count). The summed E-state index contributed by atoms with van der Waals surface area (Å²) in [6.07, 6.45) is 3.91. The van der Waals surface area contributed by atoms with Crippen LogP contribution in [0.2, 0.25) is 0 Å². The fourth-order valence-electron chi connectivity index (χ4n) is 1.09. The van der Waals surface area contributed by atoms with Gasteiger partial charge >= 0.3 is 0 Å². The molecule has 0 amide bonds. The van der Waals surface area contributed by atoms with Crippen molar-refractivity contribution in [2.24, 2.45) is 0 Å². The van der Waals surface area contributed by atoms with Crippen LogP contribution in [0, 0.1) is 0 Å². The largest absolute Gasteiger partial charge is 0.483 e. The average molecular weight is 273 g/mol. The second-order valence-electron chi connectivity index (χ2n) is 2.44. The van der Waals surface area contributed by atoms with E-state index in [4.69, 9.17) is 22.1 Å². The summed E-state index contributed by atoms with van der Waals surface area (Å²) >= 11 is 9.00. The first-order chi connectivity index (χ1) is 5.72. The number of carboxylic acid groups (broad SMARTS) is 1. The van der Waals surface area contributed by atoms with Gasteiger partial charge in [0, 0.05) is 32.6 Å². The van der Waals surface area contributed by atoms with Crippen LogP contribution >= 0.6 is 24.8 Å². The minimum absolute atomic E-state index is 0. The Morgan fingerprint density at radius 1 is 1.38 bits per heavy atom. The van der Waals surface area contributed by atoms with Crippen LogP contribution in [0.25, 0.3) is 0 Å². The zero-order chi connectivity index (χ0) is 9.40. The molecule has 0 radical (unpaired) electrons. The predicted molar refractivity (Wildman–Crippen MR) is 55.7 cm³/mol. The Kier molecular flexibility index (Phi) is 12.6. The van der Waals surface area contributed by atoms with Gasteiger partial charge in [0.2, 0.25) is 0 Å². The van der Waals surface area contributed by atoms with Crippen molar-refractivity contribution in [2.45, 2.75) is 19.3 Å². The molecular weight excluding hydrogens is 260 g/mol. The molecule has 13 heavy (non-hydrogen) atoms. The maximum atomic E-state index is 8.36. The number of thiol groups is 1. The van der Waals surface area contributed by atoms with Crippen LogP contribution in [0.3, 0.4) is 0 Å². The Morgan fingerprint density at radius 2 is 1.77 bits per heavy atom. The van der Waals surface area contributed by atoms with Crippen molar-refractivity contribution in [2.75, 3.05) is 13.1 Å². The summed E-state index contributed by atoms with van der Waals surface area (Å²) in [6.45, 7) is 1.98. The molecule has 0 bridgehead atoms. The molecule has 0 aromatic carbocycles. The molecule has 0 aromatic rings. The molecule has 1 aliphatic heterocycles. The van der Waals surface area contributed by atoms with Crippen molar-refractivity contribution in [3.8, 4) is 0 Å². The molecule has 3 nitrogen and oxygen atoms in total. The van der Waals surface area contributed by atoms with E-state index in [1.165, 1.54) is 19.3 Å². The zero-order valence-corrected chi connectivity index (χ0v) is 12.2. The van der Waals surface area contributed by atoms with Gasteiger partial charge in [0.25, 0.3) is 6.47 Å². The second-order valence-corrected chi connectivity index (χ2v) is 3.55. The van der Waals surface area contributed by atoms with E-state index in [0.29, 0.717) is 0 Å². The summed E-state index contributed by atoms with van der Waals surface area (Å²) in [5, 5.41) is 6.89. The number of nitrogens with zero attached hydrogens (tertiary/aromatic N) is 1. The number of likely N-dealkylation sites (tertiary alicyclic amines) is 1. The van der Waals surface area contributed by atoms with Crippen molar-refractivity contribution < 1.29 is 29.4 Å². The van der Waals surface area contributed by atoms with E-state index in [1.807, 2.05) is 0 Å². The molecule has 1 heterocycles. The Labute approximate surface area is 102 Å². The van der Waals surface area contributed by atoms with Gasteiger partial charge < -0.3 is 10.0 Å². The number of piperidine rings is 1. The van der Waals surface area contributed by atoms with E-state index in [-0.39, 0.29) is 26.0 Å². The second kappa shape index (κ2) is 10.4. The normalized spacial score (nSPS) is 14.7. The number of hydrogen-bond acceptors (Lipinski definition) is 2. The van der Waals surface area contributed by atoms with Crippen molar-refractivity contribution in [3.63, 3.8) is 0 Å². The third-order valence-corrected chi connectivity index (χ3v) is 2.17. The standard InChI is InChI=1S/C6H11NS2.CH2O2.Zn/c8-6(9)7-4-2-1-3-5-7;2-1-3;/h1-5H2,(H,8,9);1H,(H,2,3);. The topological polar surface area (TPSA) is 40.5 Å². The first kappa shape index (κ1) is 15.8. The summed E-state index contributed by atoms with van der Waals surface area (Å²) in [4.78, 5) is 10.5. The van der Waals surface area contributed by atoms with Gasteiger partial charge in [0.1, 0.15) is 4.32 Å². The summed E-state index contributed by atoms with van der Waals surface area (Å²) in [5.41, 5.74) is 0. The van der Waals surface area contributed by atoms with Crippen LogP contribution in [-0.2, 0) is 24.3 Å². The molecule has 0 aliphatic carbocycles. The quantitative estimate of drug-likeness (QED) is 0.303. The molecule has 1 N–H and O–H groups in total. The molecule has 1 fully saturated rings. The summed E-state index contributed by atoms with van der Waals surface area (Å²) < 4.78 is 0.759. The Morgan fingerprint density at radius 3 is 2.00 bits per heavy atom. The van der Waals surface area contributed by atoms with Gasteiger partial charge in [-0.3, -0.25) is 4.79 Å². The van der Waals surface area contributed by atoms with E-state index in [0.717, 1.165) is 17.4 Å². The van der Waals surface area contributed by atoms with Crippen molar-refractivity contribution in [1.29, 1.82) is 0 Å². The molecule has 0 aromatic heterocycles. The van der Waals surface area contributed by atoms with Gasteiger partial charge in [-0.15, -0.1) is 12.6 Å². The molecular formula is C7H13NO2S2Zn. The van der Waals surface area contributed by atoms with Crippen LogP contribution < -0.4 is 0 Å². The third-order valence-electron chi connectivity index (χ3n) is 1.63. The minimum Gasteiger partial charge on any atom is -0.483 e. The van der Waals surface area contributed by atoms with E-state index in [9.17, 15) is 0 Å². The van der Waals surface area contributed by atoms with Crippen molar-refractivity contribution in [1.82, 2.24) is 4.90 Å². The van der Waals surface area contributed by atoms with Crippen molar-refractivity contribution in [3.05, 3.63) is 0 Å².